The first-order valence-corrected chi connectivity index (χ1v) is 10.5. The molecule has 0 aliphatic carbocycles. The molecule has 0 radical (unpaired) electrons. The van der Waals surface area contributed by atoms with Gasteiger partial charge in [-0.2, -0.15) is 0 Å². The fourth-order valence-electron chi connectivity index (χ4n) is 3.16. The molecule has 1 N–H and O–H groups in total. The molecule has 1 aliphatic rings. The average Bonchev–Trinajstić information content (AvgIpc) is 3.01. The fraction of sp³-hybridized carbons (Fsp3) is 0.368. The van der Waals surface area contributed by atoms with Crippen LogP contribution in [0.3, 0.4) is 0 Å². The number of nitrogens with zero attached hydrogens (tertiary/aromatic N) is 2. The molecule has 3 rings (SSSR count). The van der Waals surface area contributed by atoms with E-state index in [-0.39, 0.29) is 23.5 Å². The predicted molar refractivity (Wildman–Crippen MR) is 102 cm³/mol. The standard InChI is InChI=1S/C19H23N3O3S/c1-3-14-6-4-5-7-17(14)21-15-8-10-20-18(12-15)19(23)22(2)16-9-11-26(24,25)13-16/h4-8,10,12,16H,3,9,11,13H2,1-2H3,(H,20,21). The maximum absolute atomic E-state index is 12.7. The monoisotopic (exact) mass is 373 g/mol. The van der Waals surface area contributed by atoms with Crippen molar-refractivity contribution in [1.82, 2.24) is 9.88 Å². The first-order chi connectivity index (χ1) is 12.4. The molecule has 1 amide bonds. The highest BCUT2D eigenvalue weighted by Gasteiger charge is 2.33. The van der Waals surface area contributed by atoms with Gasteiger partial charge in [0, 0.05) is 30.7 Å². The number of nitrogens with one attached hydrogen (secondary N) is 1. The van der Waals surface area contributed by atoms with Crippen molar-refractivity contribution in [3.05, 3.63) is 53.9 Å². The van der Waals surface area contributed by atoms with E-state index in [1.54, 1.807) is 19.3 Å². The lowest BCUT2D eigenvalue weighted by molar-refractivity contribution is 0.0742. The Kier molecular flexibility index (Phi) is 5.27. The lowest BCUT2D eigenvalue weighted by atomic mass is 10.1. The van der Waals surface area contributed by atoms with Gasteiger partial charge in [0.2, 0.25) is 0 Å². The third-order valence-electron chi connectivity index (χ3n) is 4.73. The van der Waals surface area contributed by atoms with Crippen LogP contribution in [0.4, 0.5) is 11.4 Å². The number of aryl methyl sites for hydroxylation is 1. The summed E-state index contributed by atoms with van der Waals surface area (Å²) in [5.41, 5.74) is 3.26. The highest BCUT2D eigenvalue weighted by Crippen LogP contribution is 2.23. The maximum Gasteiger partial charge on any atom is 0.272 e. The zero-order valence-corrected chi connectivity index (χ0v) is 15.8. The number of aromatic nitrogens is 1. The van der Waals surface area contributed by atoms with Crippen molar-refractivity contribution in [2.75, 3.05) is 23.9 Å². The molecule has 1 unspecified atom stereocenters. The van der Waals surface area contributed by atoms with E-state index in [4.69, 9.17) is 0 Å². The zero-order valence-electron chi connectivity index (χ0n) is 15.0. The van der Waals surface area contributed by atoms with Crippen LogP contribution in [0, 0.1) is 0 Å². The summed E-state index contributed by atoms with van der Waals surface area (Å²) in [5, 5.41) is 3.33. The number of carbonyl (C=O) groups is 1. The van der Waals surface area contributed by atoms with Gasteiger partial charge in [-0.15, -0.1) is 0 Å². The quantitative estimate of drug-likeness (QED) is 0.872. The average molecular weight is 373 g/mol. The molecule has 1 aliphatic heterocycles. The Balaban J connectivity index is 1.77. The van der Waals surface area contributed by atoms with Gasteiger partial charge >= 0.3 is 0 Å². The Morgan fingerprint density at radius 2 is 2.08 bits per heavy atom. The van der Waals surface area contributed by atoms with Gasteiger partial charge in [0.1, 0.15) is 5.69 Å². The molecule has 0 spiro atoms. The molecule has 1 saturated heterocycles. The summed E-state index contributed by atoms with van der Waals surface area (Å²) in [7, 11) is -1.40. The van der Waals surface area contributed by atoms with Gasteiger partial charge < -0.3 is 10.2 Å². The molecule has 2 heterocycles. The number of pyridine rings is 1. The van der Waals surface area contributed by atoms with E-state index in [9.17, 15) is 13.2 Å². The Bertz CT molecular complexity index is 912. The van der Waals surface area contributed by atoms with Crippen LogP contribution in [-0.4, -0.2) is 48.8 Å². The number of hydrogen-bond acceptors (Lipinski definition) is 5. The van der Waals surface area contributed by atoms with Crippen molar-refractivity contribution in [2.24, 2.45) is 0 Å². The molecule has 1 aromatic heterocycles. The lowest BCUT2D eigenvalue weighted by Gasteiger charge is -2.23. The molecule has 26 heavy (non-hydrogen) atoms. The minimum Gasteiger partial charge on any atom is -0.355 e. The van der Waals surface area contributed by atoms with E-state index in [2.05, 4.69) is 23.3 Å². The van der Waals surface area contributed by atoms with Crippen molar-refractivity contribution in [2.45, 2.75) is 25.8 Å². The number of sulfone groups is 1. The molecule has 138 valence electrons. The highest BCUT2D eigenvalue weighted by atomic mass is 32.2. The summed E-state index contributed by atoms with van der Waals surface area (Å²) in [6.07, 6.45) is 2.97. The van der Waals surface area contributed by atoms with E-state index >= 15 is 0 Å². The highest BCUT2D eigenvalue weighted by molar-refractivity contribution is 7.91. The predicted octanol–water partition coefficient (Wildman–Crippen LogP) is 2.65. The number of benzene rings is 1. The van der Waals surface area contributed by atoms with Gasteiger partial charge in [0.25, 0.3) is 5.91 Å². The Hall–Kier alpha value is -2.41. The van der Waals surface area contributed by atoms with Crippen LogP contribution < -0.4 is 5.32 Å². The van der Waals surface area contributed by atoms with Crippen LogP contribution in [0.2, 0.25) is 0 Å². The Labute approximate surface area is 154 Å². The number of para-hydroxylation sites is 1. The van der Waals surface area contributed by atoms with Gasteiger partial charge in [-0.3, -0.25) is 9.78 Å². The SMILES string of the molecule is CCc1ccccc1Nc1ccnc(C(=O)N(C)C2CCS(=O)(=O)C2)c1. The molecular weight excluding hydrogens is 350 g/mol. The Morgan fingerprint density at radius 3 is 2.77 bits per heavy atom. The second-order valence-electron chi connectivity index (χ2n) is 6.54. The van der Waals surface area contributed by atoms with Crippen molar-refractivity contribution in [3.63, 3.8) is 0 Å². The number of carbonyl (C=O) groups excluding carboxylic acids is 1. The van der Waals surface area contributed by atoms with Crippen LogP contribution >= 0.6 is 0 Å². The topological polar surface area (TPSA) is 79.4 Å². The number of rotatable bonds is 5. The second-order valence-corrected chi connectivity index (χ2v) is 8.77. The third kappa shape index (κ3) is 4.04. The van der Waals surface area contributed by atoms with E-state index < -0.39 is 9.84 Å². The minimum absolute atomic E-state index is 0.0249. The van der Waals surface area contributed by atoms with E-state index in [0.717, 1.165) is 17.8 Å². The number of amides is 1. The van der Waals surface area contributed by atoms with Crippen LogP contribution in [0.1, 0.15) is 29.4 Å². The summed E-state index contributed by atoms with van der Waals surface area (Å²) < 4.78 is 23.3. The van der Waals surface area contributed by atoms with Crippen molar-refractivity contribution >= 4 is 27.1 Å². The molecule has 0 saturated carbocycles. The van der Waals surface area contributed by atoms with E-state index in [1.165, 1.54) is 10.5 Å². The first kappa shape index (κ1) is 18.4. The molecule has 7 heteroatoms. The largest absolute Gasteiger partial charge is 0.355 e. The van der Waals surface area contributed by atoms with Crippen LogP contribution in [-0.2, 0) is 16.3 Å². The summed E-state index contributed by atoms with van der Waals surface area (Å²) in [6, 6.07) is 11.2. The second kappa shape index (κ2) is 7.45. The molecule has 2 aromatic rings. The maximum atomic E-state index is 12.7. The van der Waals surface area contributed by atoms with Crippen LogP contribution in [0.25, 0.3) is 0 Å². The van der Waals surface area contributed by atoms with Crippen LogP contribution in [0.15, 0.2) is 42.6 Å². The van der Waals surface area contributed by atoms with Gasteiger partial charge in [-0.1, -0.05) is 25.1 Å². The summed E-state index contributed by atoms with van der Waals surface area (Å²) in [6.45, 7) is 2.09. The van der Waals surface area contributed by atoms with Gasteiger partial charge in [-0.05, 0) is 36.6 Å². The third-order valence-corrected chi connectivity index (χ3v) is 6.48. The van der Waals surface area contributed by atoms with Gasteiger partial charge in [0.05, 0.1) is 11.5 Å². The summed E-state index contributed by atoms with van der Waals surface area (Å²) in [5.74, 6) is -0.102. The normalized spacial score (nSPS) is 18.5. The van der Waals surface area contributed by atoms with Gasteiger partial charge in [0.15, 0.2) is 9.84 Å². The molecule has 0 bridgehead atoms. The smallest absolute Gasteiger partial charge is 0.272 e. The lowest BCUT2D eigenvalue weighted by Crippen LogP contribution is -2.38. The van der Waals surface area contributed by atoms with E-state index in [1.807, 2.05) is 24.3 Å². The zero-order chi connectivity index (χ0) is 18.7. The molecule has 1 fully saturated rings. The molecular formula is C19H23N3O3S. The first-order valence-electron chi connectivity index (χ1n) is 8.68. The van der Waals surface area contributed by atoms with Crippen LogP contribution in [0.5, 0.6) is 0 Å². The van der Waals surface area contributed by atoms with Crippen molar-refractivity contribution < 1.29 is 13.2 Å². The summed E-state index contributed by atoms with van der Waals surface area (Å²) >= 11 is 0. The minimum atomic E-state index is -3.04. The fourth-order valence-corrected chi connectivity index (χ4v) is 4.93. The molecule has 1 aromatic carbocycles. The van der Waals surface area contributed by atoms with Crippen molar-refractivity contribution in [3.8, 4) is 0 Å². The Morgan fingerprint density at radius 1 is 1.31 bits per heavy atom. The molecule has 6 nitrogen and oxygen atoms in total. The summed E-state index contributed by atoms with van der Waals surface area (Å²) in [4.78, 5) is 18.4. The number of hydrogen-bond donors (Lipinski definition) is 1. The van der Waals surface area contributed by atoms with E-state index in [0.29, 0.717) is 12.1 Å². The number of anilines is 2. The van der Waals surface area contributed by atoms with Crippen molar-refractivity contribution in [1.29, 1.82) is 0 Å². The van der Waals surface area contributed by atoms with Gasteiger partial charge in [-0.25, -0.2) is 8.42 Å². The molecule has 1 atom stereocenters.